The monoisotopic (exact) mass is 519 g/mol. The van der Waals surface area contributed by atoms with Crippen molar-refractivity contribution in [1.82, 2.24) is 10.3 Å². The number of anilines is 1. The quantitative estimate of drug-likeness (QED) is 0.423. The fraction of sp³-hybridized carbons (Fsp3) is 0.423. The van der Waals surface area contributed by atoms with E-state index < -0.39 is 23.2 Å². The maximum absolute atomic E-state index is 14.7. The molecule has 0 aliphatic carbocycles. The molecule has 3 heterocycles. The Balaban J connectivity index is 1.81. The van der Waals surface area contributed by atoms with E-state index in [-0.39, 0.29) is 40.5 Å². The van der Waals surface area contributed by atoms with E-state index in [1.54, 1.807) is 24.8 Å². The number of methoxy groups -OCH3 is 1. The number of amides is 1. The van der Waals surface area contributed by atoms with E-state index in [0.717, 1.165) is 0 Å². The molecule has 1 N–H and O–H groups in total. The molecular formula is C26H28F3N3O5. The first-order valence-corrected chi connectivity index (χ1v) is 11.9. The highest BCUT2D eigenvalue weighted by atomic mass is 19.4. The average molecular weight is 520 g/mol. The van der Waals surface area contributed by atoms with Crippen LogP contribution in [0.5, 0.6) is 5.75 Å². The van der Waals surface area contributed by atoms with Crippen molar-refractivity contribution in [3.8, 4) is 5.75 Å². The first kappa shape index (κ1) is 26.5. The lowest BCUT2D eigenvalue weighted by Crippen LogP contribution is -2.41. The molecule has 2 aromatic heterocycles. The molecule has 3 aromatic rings. The van der Waals surface area contributed by atoms with Crippen molar-refractivity contribution < 1.29 is 36.7 Å². The highest BCUT2D eigenvalue weighted by molar-refractivity contribution is 6.09. The number of carbonyl (C=O) groups excluding carboxylic acids is 2. The number of aromatic nitrogens is 1. The second-order valence-electron chi connectivity index (χ2n) is 8.74. The van der Waals surface area contributed by atoms with Gasteiger partial charge in [-0.05, 0) is 32.8 Å². The molecule has 0 spiro atoms. The Morgan fingerprint density at radius 1 is 1.30 bits per heavy atom. The first-order valence-electron chi connectivity index (χ1n) is 11.9. The predicted octanol–water partition coefficient (Wildman–Crippen LogP) is 4.91. The standard InChI is InChI=1S/C26H28F3N3O5/c1-4-32(16-5-8-36-9-6-16)20-12-22-17(7-10-37-22)23(24(20)26(27,28)29)25(34)30-13-18-19(14-33)31-15(2)11-21(18)35-3/h7,10-12,14,16H,4-6,8-9,13H2,1-3H3,(H,30,34). The Labute approximate surface area is 211 Å². The fourth-order valence-corrected chi connectivity index (χ4v) is 4.88. The summed E-state index contributed by atoms with van der Waals surface area (Å²) >= 11 is 0. The molecule has 0 unspecified atom stereocenters. The number of nitrogens with one attached hydrogen (secondary N) is 1. The Morgan fingerprint density at radius 2 is 2.03 bits per heavy atom. The molecular weight excluding hydrogens is 491 g/mol. The third-order valence-electron chi connectivity index (χ3n) is 6.53. The normalized spacial score (nSPS) is 14.5. The number of ether oxygens (including phenoxy) is 2. The van der Waals surface area contributed by atoms with Crippen molar-refractivity contribution in [3.05, 3.63) is 52.5 Å². The van der Waals surface area contributed by atoms with Crippen molar-refractivity contribution in [1.29, 1.82) is 0 Å². The van der Waals surface area contributed by atoms with E-state index in [0.29, 0.717) is 50.3 Å². The number of alkyl halides is 3. The van der Waals surface area contributed by atoms with Gasteiger partial charge in [0, 0.05) is 61.1 Å². The second kappa shape index (κ2) is 10.8. The molecule has 11 heteroatoms. The van der Waals surface area contributed by atoms with Crippen molar-refractivity contribution in [2.75, 3.05) is 31.8 Å². The summed E-state index contributed by atoms with van der Waals surface area (Å²) in [4.78, 5) is 30.9. The van der Waals surface area contributed by atoms with E-state index in [1.807, 2.05) is 0 Å². The van der Waals surface area contributed by atoms with Crippen LogP contribution in [0.15, 0.2) is 28.9 Å². The summed E-state index contributed by atoms with van der Waals surface area (Å²) in [6.45, 7) is 4.39. The average Bonchev–Trinajstić information content (AvgIpc) is 3.35. The van der Waals surface area contributed by atoms with Crippen LogP contribution in [0.4, 0.5) is 18.9 Å². The van der Waals surface area contributed by atoms with Crippen molar-refractivity contribution in [2.45, 2.75) is 45.5 Å². The maximum atomic E-state index is 14.7. The van der Waals surface area contributed by atoms with Gasteiger partial charge in [-0.25, -0.2) is 4.98 Å². The van der Waals surface area contributed by atoms with E-state index in [2.05, 4.69) is 10.3 Å². The van der Waals surface area contributed by atoms with Gasteiger partial charge in [0.1, 0.15) is 17.0 Å². The molecule has 8 nitrogen and oxygen atoms in total. The minimum Gasteiger partial charge on any atom is -0.496 e. The number of furan rings is 1. The van der Waals surface area contributed by atoms with Crippen LogP contribution in [0.2, 0.25) is 0 Å². The van der Waals surface area contributed by atoms with E-state index >= 15 is 0 Å². The zero-order valence-corrected chi connectivity index (χ0v) is 20.8. The molecule has 1 amide bonds. The Morgan fingerprint density at radius 3 is 2.65 bits per heavy atom. The van der Waals surface area contributed by atoms with Crippen LogP contribution in [0.25, 0.3) is 11.0 Å². The zero-order chi connectivity index (χ0) is 26.7. The molecule has 1 fully saturated rings. The lowest BCUT2D eigenvalue weighted by molar-refractivity contribution is -0.137. The number of nitrogens with zero attached hydrogens (tertiary/aromatic N) is 2. The van der Waals surface area contributed by atoms with Gasteiger partial charge >= 0.3 is 6.18 Å². The molecule has 1 aliphatic rings. The first-order chi connectivity index (χ1) is 17.7. The number of benzene rings is 1. The Bertz CT molecular complexity index is 1300. The summed E-state index contributed by atoms with van der Waals surface area (Å²) in [5.41, 5.74) is -0.690. The molecule has 1 saturated heterocycles. The summed E-state index contributed by atoms with van der Waals surface area (Å²) in [7, 11) is 1.39. The summed E-state index contributed by atoms with van der Waals surface area (Å²) < 4.78 is 60.2. The number of halogens is 3. The molecule has 37 heavy (non-hydrogen) atoms. The van der Waals surface area contributed by atoms with Gasteiger partial charge in [0.05, 0.1) is 30.2 Å². The number of aryl methyl sites for hydroxylation is 1. The lowest BCUT2D eigenvalue weighted by Gasteiger charge is -2.37. The molecule has 0 radical (unpaired) electrons. The van der Waals surface area contributed by atoms with E-state index in [4.69, 9.17) is 13.9 Å². The fourth-order valence-electron chi connectivity index (χ4n) is 4.88. The number of hydrogen-bond donors (Lipinski definition) is 1. The molecule has 1 aliphatic heterocycles. The molecule has 1 aromatic carbocycles. The summed E-state index contributed by atoms with van der Waals surface area (Å²) in [6, 6.07) is 4.10. The van der Waals surface area contributed by atoms with Gasteiger partial charge in [0.25, 0.3) is 5.91 Å². The minimum absolute atomic E-state index is 0.0343. The molecule has 0 atom stereocenters. The van der Waals surface area contributed by atoms with Gasteiger partial charge in [-0.15, -0.1) is 0 Å². The summed E-state index contributed by atoms with van der Waals surface area (Å²) in [6.07, 6.45) is -1.92. The Kier molecular flexibility index (Phi) is 7.72. The van der Waals surface area contributed by atoms with Crippen LogP contribution >= 0.6 is 0 Å². The largest absolute Gasteiger partial charge is 0.496 e. The van der Waals surface area contributed by atoms with Gasteiger partial charge in [-0.2, -0.15) is 13.2 Å². The van der Waals surface area contributed by atoms with Crippen molar-refractivity contribution in [2.24, 2.45) is 0 Å². The highest BCUT2D eigenvalue weighted by Gasteiger charge is 2.42. The SMILES string of the molecule is CCN(c1cc2occc2c(C(=O)NCc2c(OC)cc(C)nc2C=O)c1C(F)(F)F)C1CCOCC1. The number of carbonyl (C=O) groups is 2. The number of aldehydes is 1. The predicted molar refractivity (Wildman–Crippen MR) is 130 cm³/mol. The molecule has 4 rings (SSSR count). The molecule has 0 bridgehead atoms. The van der Waals surface area contributed by atoms with Crippen LogP contribution in [0.1, 0.15) is 57.4 Å². The number of fused-ring (bicyclic) bond motifs is 1. The van der Waals surface area contributed by atoms with Crippen LogP contribution in [0.3, 0.4) is 0 Å². The van der Waals surface area contributed by atoms with E-state index in [9.17, 15) is 22.8 Å². The molecule has 0 saturated carbocycles. The maximum Gasteiger partial charge on any atom is 0.419 e. The van der Waals surface area contributed by atoms with Gasteiger partial charge in [0.15, 0.2) is 6.29 Å². The lowest BCUT2D eigenvalue weighted by atomic mass is 9.96. The van der Waals surface area contributed by atoms with E-state index in [1.165, 1.54) is 25.5 Å². The van der Waals surface area contributed by atoms with Crippen molar-refractivity contribution in [3.63, 3.8) is 0 Å². The van der Waals surface area contributed by atoms with Crippen LogP contribution < -0.4 is 15.0 Å². The van der Waals surface area contributed by atoms with Crippen LogP contribution in [-0.4, -0.2) is 50.1 Å². The topological polar surface area (TPSA) is 93.9 Å². The number of hydrogen-bond acceptors (Lipinski definition) is 7. The highest BCUT2D eigenvalue weighted by Crippen LogP contribution is 2.44. The van der Waals surface area contributed by atoms with Crippen LogP contribution in [0, 0.1) is 6.92 Å². The molecule has 198 valence electrons. The number of rotatable bonds is 8. The zero-order valence-electron chi connectivity index (χ0n) is 20.8. The number of pyridine rings is 1. The van der Waals surface area contributed by atoms with Crippen molar-refractivity contribution >= 4 is 28.8 Å². The van der Waals surface area contributed by atoms with Crippen LogP contribution in [-0.2, 0) is 17.5 Å². The van der Waals surface area contributed by atoms with Gasteiger partial charge in [-0.1, -0.05) is 0 Å². The minimum atomic E-state index is -4.83. The summed E-state index contributed by atoms with van der Waals surface area (Å²) in [5.74, 6) is -0.659. The van der Waals surface area contributed by atoms with Gasteiger partial charge < -0.3 is 24.1 Å². The third kappa shape index (κ3) is 5.27. The summed E-state index contributed by atoms with van der Waals surface area (Å²) in [5, 5.41) is 2.59. The Hall–Kier alpha value is -3.60. The smallest absolute Gasteiger partial charge is 0.419 e. The van der Waals surface area contributed by atoms with Gasteiger partial charge in [-0.3, -0.25) is 9.59 Å². The van der Waals surface area contributed by atoms with Gasteiger partial charge in [0.2, 0.25) is 0 Å². The third-order valence-corrected chi connectivity index (χ3v) is 6.53. The second-order valence-corrected chi connectivity index (χ2v) is 8.74.